The highest BCUT2D eigenvalue weighted by Crippen LogP contribution is 2.64. The Kier molecular flexibility index (Phi) is 4.23. The van der Waals surface area contributed by atoms with Crippen molar-refractivity contribution in [3.63, 3.8) is 0 Å². The highest BCUT2D eigenvalue weighted by molar-refractivity contribution is 7.55. The van der Waals surface area contributed by atoms with Crippen LogP contribution in [0.5, 0.6) is 0 Å². The van der Waals surface area contributed by atoms with Gasteiger partial charge in [-0.3, -0.25) is 4.57 Å². The molecule has 0 aliphatic carbocycles. The summed E-state index contributed by atoms with van der Waals surface area (Å²) < 4.78 is 52.7. The topological polar surface area (TPSA) is 48.1 Å². The molecule has 0 bridgehead atoms. The number of halogens is 2. The second kappa shape index (κ2) is 4.87. The fourth-order valence-corrected chi connectivity index (χ4v) is 2.70. The molecule has 0 aromatic rings. The maximum absolute atomic E-state index is 13.5. The maximum Gasteiger partial charge on any atom is 0.399 e. The van der Waals surface area contributed by atoms with Gasteiger partial charge >= 0.3 is 13.3 Å². The van der Waals surface area contributed by atoms with Crippen LogP contribution in [-0.2, 0) is 18.3 Å². The third-order valence-electron chi connectivity index (χ3n) is 1.87. The van der Waals surface area contributed by atoms with Crippen LogP contribution in [0.15, 0.2) is 0 Å². The summed E-state index contributed by atoms with van der Waals surface area (Å²) in [5, 5.41) is 0. The van der Waals surface area contributed by atoms with Crippen LogP contribution in [0.3, 0.4) is 0 Å². The first kappa shape index (κ1) is 13.0. The molecular formula is C8H15F2O4P. The van der Waals surface area contributed by atoms with Gasteiger partial charge in [-0.15, -0.1) is 0 Å². The van der Waals surface area contributed by atoms with Gasteiger partial charge in [-0.05, 0) is 13.8 Å². The lowest BCUT2D eigenvalue weighted by atomic mass is 10.3. The number of alkyl halides is 2. The van der Waals surface area contributed by atoms with Crippen LogP contribution >= 0.6 is 7.60 Å². The van der Waals surface area contributed by atoms with E-state index in [-0.39, 0.29) is 19.8 Å². The average Bonchev–Trinajstić information content (AvgIpc) is 2.88. The van der Waals surface area contributed by atoms with Gasteiger partial charge in [-0.2, -0.15) is 8.78 Å². The molecule has 1 saturated heterocycles. The van der Waals surface area contributed by atoms with Crippen molar-refractivity contribution < 1.29 is 27.1 Å². The highest BCUT2D eigenvalue weighted by atomic mass is 31.2. The van der Waals surface area contributed by atoms with Crippen LogP contribution in [0.1, 0.15) is 20.3 Å². The normalized spacial score (nSPS) is 21.7. The van der Waals surface area contributed by atoms with Crippen molar-refractivity contribution in [2.24, 2.45) is 0 Å². The van der Waals surface area contributed by atoms with Crippen LogP contribution in [-0.4, -0.2) is 31.6 Å². The second-order valence-corrected chi connectivity index (χ2v) is 5.32. The van der Waals surface area contributed by atoms with E-state index in [4.69, 9.17) is 0 Å². The molecular weight excluding hydrogens is 229 g/mol. The number of hydrogen-bond acceptors (Lipinski definition) is 4. The zero-order chi connectivity index (χ0) is 11.5. The van der Waals surface area contributed by atoms with Gasteiger partial charge in [0.25, 0.3) is 0 Å². The van der Waals surface area contributed by atoms with Gasteiger partial charge in [0, 0.05) is 0 Å². The molecule has 1 rings (SSSR count). The van der Waals surface area contributed by atoms with Crippen molar-refractivity contribution in [3.05, 3.63) is 0 Å². The van der Waals surface area contributed by atoms with Crippen LogP contribution in [0.2, 0.25) is 0 Å². The van der Waals surface area contributed by atoms with Crippen molar-refractivity contribution in [2.75, 3.05) is 19.8 Å². The number of hydrogen-bond donors (Lipinski definition) is 0. The first-order valence-electron chi connectivity index (χ1n) is 4.84. The van der Waals surface area contributed by atoms with Gasteiger partial charge in [0.2, 0.25) is 0 Å². The van der Waals surface area contributed by atoms with Crippen molar-refractivity contribution in [3.8, 4) is 0 Å². The Hall–Kier alpha value is -0.0300. The molecule has 1 heterocycles. The van der Waals surface area contributed by atoms with Crippen molar-refractivity contribution in [1.82, 2.24) is 0 Å². The van der Waals surface area contributed by atoms with Crippen molar-refractivity contribution in [2.45, 2.75) is 32.0 Å². The smallest absolute Gasteiger partial charge is 0.373 e. The van der Waals surface area contributed by atoms with Crippen LogP contribution < -0.4 is 0 Å². The summed E-state index contributed by atoms with van der Waals surface area (Å²) in [5.74, 6) is 0. The molecule has 1 aliphatic heterocycles. The highest BCUT2D eigenvalue weighted by Gasteiger charge is 2.55. The summed E-state index contributed by atoms with van der Waals surface area (Å²) in [6, 6.07) is 0. The van der Waals surface area contributed by atoms with Crippen molar-refractivity contribution >= 4 is 7.60 Å². The summed E-state index contributed by atoms with van der Waals surface area (Å²) in [6.07, 6.45) is -1.13. The predicted molar refractivity (Wildman–Crippen MR) is 50.2 cm³/mol. The van der Waals surface area contributed by atoms with E-state index >= 15 is 0 Å². The molecule has 7 heteroatoms. The molecule has 4 nitrogen and oxygen atoms in total. The molecule has 0 aromatic carbocycles. The summed E-state index contributed by atoms with van der Waals surface area (Å²) in [4.78, 5) is 0. The predicted octanol–water partition coefficient (Wildman–Crippen LogP) is 2.63. The van der Waals surface area contributed by atoms with Gasteiger partial charge in [-0.1, -0.05) is 0 Å². The maximum atomic E-state index is 13.5. The van der Waals surface area contributed by atoms with E-state index in [0.717, 1.165) is 0 Å². The van der Waals surface area contributed by atoms with E-state index in [1.54, 1.807) is 0 Å². The monoisotopic (exact) mass is 244 g/mol. The van der Waals surface area contributed by atoms with Gasteiger partial charge < -0.3 is 13.8 Å². The first-order valence-corrected chi connectivity index (χ1v) is 6.38. The zero-order valence-electron chi connectivity index (χ0n) is 8.74. The molecule has 0 saturated carbocycles. The van der Waals surface area contributed by atoms with E-state index in [9.17, 15) is 13.3 Å². The molecule has 0 aromatic heterocycles. The Labute approximate surface area is 87.4 Å². The molecule has 0 radical (unpaired) electrons. The standard InChI is InChI=1S/C8H15F2O4P/c1-3-13-15(11,14-4-2)8(9,10)5-7-6-12-7/h7H,3-6H2,1-2H3/t7-/m1/s1. The summed E-state index contributed by atoms with van der Waals surface area (Å²) in [7, 11) is -4.35. The van der Waals surface area contributed by atoms with Gasteiger partial charge in [0.15, 0.2) is 0 Å². The largest absolute Gasteiger partial charge is 0.399 e. The van der Waals surface area contributed by atoms with Gasteiger partial charge in [-0.25, -0.2) is 0 Å². The minimum Gasteiger partial charge on any atom is -0.373 e. The number of epoxide rings is 1. The third-order valence-corrected chi connectivity index (χ3v) is 4.05. The van der Waals surface area contributed by atoms with Gasteiger partial charge in [0.05, 0.1) is 32.3 Å². The fourth-order valence-electron chi connectivity index (χ4n) is 1.14. The Morgan fingerprint density at radius 3 is 2.20 bits per heavy atom. The summed E-state index contributed by atoms with van der Waals surface area (Å²) in [5.41, 5.74) is -3.47. The molecule has 1 atom stereocenters. The zero-order valence-corrected chi connectivity index (χ0v) is 9.64. The molecule has 0 spiro atoms. The lowest BCUT2D eigenvalue weighted by Crippen LogP contribution is -2.22. The Morgan fingerprint density at radius 1 is 1.40 bits per heavy atom. The summed E-state index contributed by atoms with van der Waals surface area (Å²) in [6.45, 7) is 3.13. The molecule has 0 N–H and O–H groups in total. The number of ether oxygens (including phenoxy) is 1. The summed E-state index contributed by atoms with van der Waals surface area (Å²) >= 11 is 0. The molecule has 0 amide bonds. The Morgan fingerprint density at radius 2 is 1.87 bits per heavy atom. The van der Waals surface area contributed by atoms with E-state index in [1.165, 1.54) is 13.8 Å². The molecule has 1 fully saturated rings. The molecule has 90 valence electrons. The van der Waals surface area contributed by atoms with Crippen LogP contribution in [0, 0.1) is 0 Å². The molecule has 0 unspecified atom stereocenters. The van der Waals surface area contributed by atoms with E-state index < -0.39 is 25.8 Å². The first-order chi connectivity index (χ1) is 6.95. The van der Waals surface area contributed by atoms with Crippen molar-refractivity contribution in [1.29, 1.82) is 0 Å². The SMILES string of the molecule is CCOP(=O)(OCC)C(F)(F)C[C@@H]1CO1. The van der Waals surface area contributed by atoms with E-state index in [0.29, 0.717) is 0 Å². The Bertz CT molecular complexity index is 245. The average molecular weight is 244 g/mol. The van der Waals surface area contributed by atoms with E-state index in [1.807, 2.05) is 0 Å². The van der Waals surface area contributed by atoms with E-state index in [2.05, 4.69) is 13.8 Å². The Balaban J connectivity index is 2.70. The molecule has 1 aliphatic rings. The van der Waals surface area contributed by atoms with Crippen LogP contribution in [0.4, 0.5) is 8.78 Å². The lowest BCUT2D eigenvalue weighted by molar-refractivity contribution is 0.0255. The van der Waals surface area contributed by atoms with Crippen LogP contribution in [0.25, 0.3) is 0 Å². The second-order valence-electron chi connectivity index (χ2n) is 3.16. The molecule has 15 heavy (non-hydrogen) atoms. The minimum absolute atomic E-state index is 0.0710. The fraction of sp³-hybridized carbons (Fsp3) is 1.00. The number of rotatable bonds is 7. The lowest BCUT2D eigenvalue weighted by Gasteiger charge is -2.25. The van der Waals surface area contributed by atoms with Gasteiger partial charge in [0.1, 0.15) is 0 Å². The third kappa shape index (κ3) is 3.21. The minimum atomic E-state index is -4.35. The quantitative estimate of drug-likeness (QED) is 0.510.